The molecule has 1 aromatic heterocycles. The number of carbonyl (C=O) groups excluding carboxylic acids is 1. The molecule has 1 aromatic carbocycles. The fourth-order valence-electron chi connectivity index (χ4n) is 4.01. The summed E-state index contributed by atoms with van der Waals surface area (Å²) in [7, 11) is 2.01. The van der Waals surface area contributed by atoms with E-state index in [1.807, 2.05) is 34.8 Å². The third-order valence-corrected chi connectivity index (χ3v) is 5.52. The van der Waals surface area contributed by atoms with Crippen LogP contribution in [0.5, 0.6) is 0 Å². The molecule has 0 bridgehead atoms. The van der Waals surface area contributed by atoms with Gasteiger partial charge in [-0.05, 0) is 30.7 Å². The number of fused-ring (bicyclic) bond motifs is 2. The predicted molar refractivity (Wildman–Crippen MR) is 99.0 cm³/mol. The average Bonchev–Trinajstić information content (AvgIpc) is 3.07. The summed E-state index contributed by atoms with van der Waals surface area (Å²) in [5.74, 6) is -0.662. The van der Waals surface area contributed by atoms with Crippen LogP contribution in [0.25, 0.3) is 0 Å². The minimum atomic E-state index is -0.821. The highest BCUT2D eigenvalue weighted by Crippen LogP contribution is 2.24. The second kappa shape index (κ2) is 7.15. The number of hydrogen-bond acceptors (Lipinski definition) is 4. The van der Waals surface area contributed by atoms with E-state index in [-0.39, 0.29) is 18.4 Å². The van der Waals surface area contributed by atoms with Gasteiger partial charge in [0.1, 0.15) is 0 Å². The maximum atomic E-state index is 13.2. The molecular weight excluding hydrogens is 344 g/mol. The normalized spacial score (nSPS) is 19.4. The predicted octanol–water partition coefficient (Wildman–Crippen LogP) is 1.30. The zero-order valence-electron chi connectivity index (χ0n) is 15.5. The van der Waals surface area contributed by atoms with E-state index in [4.69, 9.17) is 5.11 Å². The first-order chi connectivity index (χ1) is 13.0. The number of carbonyl (C=O) groups is 2. The SMILES string of the molecule is CN1Cc2ccccc2C[C@@H]1C(=O)N1CCn2nc(CCC(=O)O)cc2C1. The van der Waals surface area contributed by atoms with Gasteiger partial charge in [-0.25, -0.2) is 0 Å². The van der Waals surface area contributed by atoms with Crippen LogP contribution in [0, 0.1) is 0 Å². The van der Waals surface area contributed by atoms with E-state index in [1.165, 1.54) is 11.1 Å². The van der Waals surface area contributed by atoms with E-state index in [9.17, 15) is 9.59 Å². The number of carboxylic acids is 1. The molecule has 3 heterocycles. The molecule has 1 N–H and O–H groups in total. The molecule has 0 aliphatic carbocycles. The number of likely N-dealkylation sites (N-methyl/N-ethyl adjacent to an activating group) is 1. The number of rotatable bonds is 4. The van der Waals surface area contributed by atoms with Crippen molar-refractivity contribution in [2.75, 3.05) is 13.6 Å². The monoisotopic (exact) mass is 368 g/mol. The quantitative estimate of drug-likeness (QED) is 0.880. The number of aliphatic carboxylic acids is 1. The number of hydrogen-bond donors (Lipinski definition) is 1. The van der Waals surface area contributed by atoms with E-state index in [0.29, 0.717) is 26.1 Å². The number of aryl methyl sites for hydroxylation is 1. The molecule has 1 atom stereocenters. The average molecular weight is 368 g/mol. The van der Waals surface area contributed by atoms with Gasteiger partial charge in [-0.1, -0.05) is 24.3 Å². The fraction of sp³-hybridized carbons (Fsp3) is 0.450. The summed E-state index contributed by atoms with van der Waals surface area (Å²) in [5.41, 5.74) is 4.31. The van der Waals surface area contributed by atoms with Gasteiger partial charge in [-0.2, -0.15) is 5.10 Å². The van der Waals surface area contributed by atoms with Crippen LogP contribution in [0.3, 0.4) is 0 Å². The van der Waals surface area contributed by atoms with Crippen LogP contribution in [-0.4, -0.2) is 56.2 Å². The van der Waals surface area contributed by atoms with Crippen molar-refractivity contribution in [2.24, 2.45) is 0 Å². The smallest absolute Gasteiger partial charge is 0.303 e. The van der Waals surface area contributed by atoms with Crippen molar-refractivity contribution in [3.63, 3.8) is 0 Å². The Bertz CT molecular complexity index is 876. The Hall–Kier alpha value is -2.67. The summed E-state index contributed by atoms with van der Waals surface area (Å²) in [6.07, 6.45) is 1.24. The largest absolute Gasteiger partial charge is 0.481 e. The topological polar surface area (TPSA) is 78.7 Å². The first-order valence-electron chi connectivity index (χ1n) is 9.34. The van der Waals surface area contributed by atoms with Crippen molar-refractivity contribution < 1.29 is 14.7 Å². The van der Waals surface area contributed by atoms with Crippen LogP contribution in [0.15, 0.2) is 30.3 Å². The lowest BCUT2D eigenvalue weighted by atomic mass is 9.93. The van der Waals surface area contributed by atoms with E-state index >= 15 is 0 Å². The van der Waals surface area contributed by atoms with Crippen molar-refractivity contribution in [2.45, 2.75) is 44.9 Å². The van der Waals surface area contributed by atoms with Gasteiger partial charge in [0, 0.05) is 19.5 Å². The van der Waals surface area contributed by atoms with E-state index in [1.54, 1.807) is 0 Å². The van der Waals surface area contributed by atoms with Crippen molar-refractivity contribution in [1.29, 1.82) is 0 Å². The molecular formula is C20H24N4O3. The van der Waals surface area contributed by atoms with Gasteiger partial charge in [-0.15, -0.1) is 0 Å². The molecule has 7 heteroatoms. The van der Waals surface area contributed by atoms with Gasteiger partial charge in [0.2, 0.25) is 5.91 Å². The van der Waals surface area contributed by atoms with Gasteiger partial charge < -0.3 is 10.0 Å². The first kappa shape index (κ1) is 17.7. The van der Waals surface area contributed by atoms with Gasteiger partial charge >= 0.3 is 5.97 Å². The highest BCUT2D eigenvalue weighted by Gasteiger charge is 2.33. The highest BCUT2D eigenvalue weighted by molar-refractivity contribution is 5.82. The summed E-state index contributed by atoms with van der Waals surface area (Å²) in [4.78, 5) is 28.0. The fourth-order valence-corrected chi connectivity index (χ4v) is 4.01. The molecule has 0 unspecified atom stereocenters. The second-order valence-electron chi connectivity index (χ2n) is 7.41. The number of amides is 1. The standard InChI is InChI=1S/C20H24N4O3/c1-22-12-15-5-3-2-4-14(15)10-18(22)20(27)23-8-9-24-17(13-23)11-16(21-24)6-7-19(25)26/h2-5,11,18H,6-10,12-13H2,1H3,(H,25,26)/t18-/m1/s1. The Labute approximate surface area is 158 Å². The Morgan fingerprint density at radius 3 is 2.74 bits per heavy atom. The molecule has 0 spiro atoms. The molecule has 1 amide bonds. The molecule has 4 rings (SSSR count). The summed E-state index contributed by atoms with van der Waals surface area (Å²) >= 11 is 0. The lowest BCUT2D eigenvalue weighted by Gasteiger charge is -2.37. The number of benzene rings is 1. The van der Waals surface area contributed by atoms with E-state index in [2.05, 4.69) is 22.1 Å². The highest BCUT2D eigenvalue weighted by atomic mass is 16.4. The van der Waals surface area contributed by atoms with Crippen molar-refractivity contribution in [1.82, 2.24) is 19.6 Å². The van der Waals surface area contributed by atoms with Crippen LogP contribution in [0.2, 0.25) is 0 Å². The zero-order chi connectivity index (χ0) is 19.0. The minimum Gasteiger partial charge on any atom is -0.481 e. The maximum Gasteiger partial charge on any atom is 0.303 e. The lowest BCUT2D eigenvalue weighted by molar-refractivity contribution is -0.139. The van der Waals surface area contributed by atoms with Crippen molar-refractivity contribution in [3.05, 3.63) is 52.8 Å². The second-order valence-corrected chi connectivity index (χ2v) is 7.41. The number of nitrogens with zero attached hydrogens (tertiary/aromatic N) is 4. The van der Waals surface area contributed by atoms with Gasteiger partial charge in [0.05, 0.1) is 36.9 Å². The van der Waals surface area contributed by atoms with Gasteiger partial charge in [0.25, 0.3) is 0 Å². The first-order valence-corrected chi connectivity index (χ1v) is 9.34. The van der Waals surface area contributed by atoms with Crippen molar-refractivity contribution >= 4 is 11.9 Å². The van der Waals surface area contributed by atoms with E-state index < -0.39 is 5.97 Å². The minimum absolute atomic E-state index is 0.0748. The summed E-state index contributed by atoms with van der Waals surface area (Å²) in [5, 5.41) is 13.3. The molecule has 2 aliphatic rings. The summed E-state index contributed by atoms with van der Waals surface area (Å²) in [6, 6.07) is 10.1. The molecule has 2 aliphatic heterocycles. The van der Waals surface area contributed by atoms with E-state index in [0.717, 1.165) is 24.4 Å². The van der Waals surface area contributed by atoms with Gasteiger partial charge in [-0.3, -0.25) is 19.2 Å². The number of carboxylic acid groups (broad SMARTS) is 1. The Morgan fingerprint density at radius 2 is 1.96 bits per heavy atom. The van der Waals surface area contributed by atoms with Crippen LogP contribution in [0.4, 0.5) is 0 Å². The maximum absolute atomic E-state index is 13.2. The third-order valence-electron chi connectivity index (χ3n) is 5.52. The number of aromatic nitrogens is 2. The molecule has 142 valence electrons. The molecule has 27 heavy (non-hydrogen) atoms. The third kappa shape index (κ3) is 3.60. The molecule has 2 aromatic rings. The van der Waals surface area contributed by atoms with Crippen LogP contribution >= 0.6 is 0 Å². The molecule has 7 nitrogen and oxygen atoms in total. The summed E-state index contributed by atoms with van der Waals surface area (Å²) in [6.45, 7) is 2.61. The summed E-state index contributed by atoms with van der Waals surface area (Å²) < 4.78 is 1.90. The van der Waals surface area contributed by atoms with Crippen LogP contribution < -0.4 is 0 Å². The van der Waals surface area contributed by atoms with Gasteiger partial charge in [0.15, 0.2) is 0 Å². The molecule has 0 fully saturated rings. The Balaban J connectivity index is 1.46. The zero-order valence-corrected chi connectivity index (χ0v) is 15.5. The van der Waals surface area contributed by atoms with Crippen molar-refractivity contribution in [3.8, 4) is 0 Å². The van der Waals surface area contributed by atoms with Crippen LogP contribution in [0.1, 0.15) is 28.9 Å². The Morgan fingerprint density at radius 1 is 1.19 bits per heavy atom. The lowest BCUT2D eigenvalue weighted by Crippen LogP contribution is -2.51. The molecule has 0 radical (unpaired) electrons. The molecule has 0 saturated heterocycles. The Kier molecular flexibility index (Phi) is 4.70. The molecule has 0 saturated carbocycles. The van der Waals surface area contributed by atoms with Crippen LogP contribution in [-0.2, 0) is 42.1 Å².